The second-order valence-electron chi connectivity index (χ2n) is 7.42. The number of rotatable bonds is 5. The van der Waals surface area contributed by atoms with Crippen molar-refractivity contribution in [3.8, 4) is 11.5 Å². The number of fused-ring (bicyclic) bond motifs is 1. The maximum atomic E-state index is 13.4. The summed E-state index contributed by atoms with van der Waals surface area (Å²) < 4.78 is 13.1. The van der Waals surface area contributed by atoms with E-state index in [-0.39, 0.29) is 18.1 Å². The first kappa shape index (κ1) is 18.7. The van der Waals surface area contributed by atoms with Crippen LogP contribution in [0.3, 0.4) is 0 Å². The molecule has 7 heteroatoms. The number of nitrogens with zero attached hydrogens (tertiary/aromatic N) is 4. The van der Waals surface area contributed by atoms with Crippen molar-refractivity contribution in [1.82, 2.24) is 19.7 Å². The fourth-order valence-electron chi connectivity index (χ4n) is 3.79. The molecular formula is C21H26N4O3. The van der Waals surface area contributed by atoms with Crippen molar-refractivity contribution < 1.29 is 13.9 Å². The molecule has 3 aromatic heterocycles. The highest BCUT2D eigenvalue weighted by atomic mass is 16.5. The quantitative estimate of drug-likeness (QED) is 0.669. The number of pyridine rings is 1. The Balaban J connectivity index is 1.78. The number of hydrogen-bond acceptors (Lipinski definition) is 5. The first-order valence-corrected chi connectivity index (χ1v) is 9.91. The van der Waals surface area contributed by atoms with Gasteiger partial charge in [-0.2, -0.15) is 5.10 Å². The smallest absolute Gasteiger partial charge is 0.254 e. The Morgan fingerprint density at radius 1 is 1.43 bits per heavy atom. The third kappa shape index (κ3) is 3.42. The first-order valence-electron chi connectivity index (χ1n) is 9.91. The second-order valence-corrected chi connectivity index (χ2v) is 7.42. The zero-order chi connectivity index (χ0) is 19.7. The lowest BCUT2D eigenvalue weighted by molar-refractivity contribution is 0.00731. The molecule has 0 aliphatic carbocycles. The van der Waals surface area contributed by atoms with Crippen LogP contribution in [0.5, 0.6) is 0 Å². The van der Waals surface area contributed by atoms with E-state index in [2.05, 4.69) is 5.10 Å². The minimum atomic E-state index is -0.00656. The minimum absolute atomic E-state index is 0.00656. The summed E-state index contributed by atoms with van der Waals surface area (Å²) in [6.45, 7) is 8.10. The van der Waals surface area contributed by atoms with Crippen molar-refractivity contribution in [2.45, 2.75) is 45.8 Å². The van der Waals surface area contributed by atoms with Gasteiger partial charge in [0, 0.05) is 25.7 Å². The van der Waals surface area contributed by atoms with E-state index in [1.54, 1.807) is 12.5 Å². The number of piperidine rings is 1. The molecule has 148 valence electrons. The van der Waals surface area contributed by atoms with Gasteiger partial charge in [-0.25, -0.2) is 9.67 Å². The van der Waals surface area contributed by atoms with Crippen molar-refractivity contribution in [2.75, 3.05) is 19.7 Å². The summed E-state index contributed by atoms with van der Waals surface area (Å²) in [4.78, 5) is 20.1. The molecule has 0 radical (unpaired) electrons. The van der Waals surface area contributed by atoms with Crippen molar-refractivity contribution in [2.24, 2.45) is 0 Å². The Hall–Kier alpha value is -2.67. The van der Waals surface area contributed by atoms with E-state index < -0.39 is 0 Å². The number of hydrogen-bond donors (Lipinski definition) is 0. The SMILES string of the molecule is CCOC1CCCN(C(=O)c2cc(-c3ccco3)nc3c2cnn3C(C)C)C1. The second kappa shape index (κ2) is 7.75. The molecule has 1 fully saturated rings. The summed E-state index contributed by atoms with van der Waals surface area (Å²) in [6, 6.07) is 5.63. The normalized spacial score (nSPS) is 17.6. The summed E-state index contributed by atoms with van der Waals surface area (Å²) in [5.74, 6) is 0.631. The number of amides is 1. The lowest BCUT2D eigenvalue weighted by Gasteiger charge is -2.32. The van der Waals surface area contributed by atoms with Crippen LogP contribution in [0.15, 0.2) is 35.1 Å². The summed E-state index contributed by atoms with van der Waals surface area (Å²) in [7, 11) is 0. The molecule has 3 aromatic rings. The van der Waals surface area contributed by atoms with Crippen molar-refractivity contribution in [3.63, 3.8) is 0 Å². The van der Waals surface area contributed by atoms with Crippen LogP contribution in [0, 0.1) is 0 Å². The molecule has 0 spiro atoms. The summed E-state index contributed by atoms with van der Waals surface area (Å²) >= 11 is 0. The largest absolute Gasteiger partial charge is 0.463 e. The molecule has 0 N–H and O–H groups in total. The molecule has 1 amide bonds. The van der Waals surface area contributed by atoms with Gasteiger partial charge >= 0.3 is 0 Å². The first-order chi connectivity index (χ1) is 13.6. The predicted octanol–water partition coefficient (Wildman–Crippen LogP) is 3.91. The van der Waals surface area contributed by atoms with Gasteiger partial charge in [0.05, 0.1) is 29.5 Å². The predicted molar refractivity (Wildman–Crippen MR) is 106 cm³/mol. The lowest BCUT2D eigenvalue weighted by atomic mass is 10.0. The van der Waals surface area contributed by atoms with Gasteiger partial charge in [-0.05, 0) is 51.8 Å². The highest BCUT2D eigenvalue weighted by molar-refractivity contribution is 6.06. The maximum Gasteiger partial charge on any atom is 0.254 e. The Bertz CT molecular complexity index is 960. The number of likely N-dealkylation sites (tertiary alicyclic amines) is 1. The van der Waals surface area contributed by atoms with Crippen LogP contribution in [0.4, 0.5) is 0 Å². The Morgan fingerprint density at radius 3 is 3.00 bits per heavy atom. The summed E-state index contributed by atoms with van der Waals surface area (Å²) in [5, 5.41) is 5.25. The Labute approximate surface area is 164 Å². The fourth-order valence-corrected chi connectivity index (χ4v) is 3.79. The van der Waals surface area contributed by atoms with E-state index in [9.17, 15) is 4.79 Å². The highest BCUT2D eigenvalue weighted by Crippen LogP contribution is 2.28. The Kier molecular flexibility index (Phi) is 5.17. The number of furan rings is 1. The summed E-state index contributed by atoms with van der Waals surface area (Å²) in [5.41, 5.74) is 1.95. The van der Waals surface area contributed by atoms with E-state index >= 15 is 0 Å². The standard InChI is InChI=1S/C21H26N4O3/c1-4-27-15-7-5-9-24(13-15)21(26)16-11-18(19-8-6-10-28-19)23-20-17(16)12-22-25(20)14(2)3/h6,8,10-12,14-15H,4-5,7,9,13H2,1-3H3. The van der Waals surface area contributed by atoms with Gasteiger partial charge in [-0.15, -0.1) is 0 Å². The van der Waals surface area contributed by atoms with Crippen LogP contribution < -0.4 is 0 Å². The molecular weight excluding hydrogens is 356 g/mol. The molecule has 0 aromatic carbocycles. The molecule has 1 unspecified atom stereocenters. The maximum absolute atomic E-state index is 13.4. The van der Waals surface area contributed by atoms with Crippen LogP contribution in [-0.2, 0) is 4.74 Å². The Morgan fingerprint density at radius 2 is 2.29 bits per heavy atom. The minimum Gasteiger partial charge on any atom is -0.463 e. The molecule has 0 bridgehead atoms. The van der Waals surface area contributed by atoms with Crippen LogP contribution in [-0.4, -0.2) is 51.4 Å². The van der Waals surface area contributed by atoms with E-state index in [1.807, 2.05) is 48.6 Å². The van der Waals surface area contributed by atoms with E-state index in [1.165, 1.54) is 0 Å². The molecule has 1 aliphatic rings. The molecule has 4 heterocycles. The van der Waals surface area contributed by atoms with Crippen LogP contribution >= 0.6 is 0 Å². The van der Waals surface area contributed by atoms with Gasteiger partial charge in [0.15, 0.2) is 11.4 Å². The highest BCUT2D eigenvalue weighted by Gasteiger charge is 2.27. The molecule has 28 heavy (non-hydrogen) atoms. The fraction of sp³-hybridized carbons (Fsp3) is 0.476. The molecule has 0 saturated carbocycles. The topological polar surface area (TPSA) is 73.4 Å². The monoisotopic (exact) mass is 382 g/mol. The zero-order valence-electron chi connectivity index (χ0n) is 16.6. The number of carbonyl (C=O) groups excluding carboxylic acids is 1. The molecule has 1 saturated heterocycles. The number of carbonyl (C=O) groups is 1. The number of ether oxygens (including phenoxy) is 1. The average molecular weight is 382 g/mol. The number of aromatic nitrogens is 3. The van der Waals surface area contributed by atoms with Gasteiger partial charge in [0.2, 0.25) is 0 Å². The summed E-state index contributed by atoms with van der Waals surface area (Å²) in [6.07, 6.45) is 5.39. The lowest BCUT2D eigenvalue weighted by Crippen LogP contribution is -2.43. The van der Waals surface area contributed by atoms with Crippen LogP contribution in [0.1, 0.15) is 50.0 Å². The van der Waals surface area contributed by atoms with Gasteiger partial charge in [0.25, 0.3) is 5.91 Å². The van der Waals surface area contributed by atoms with E-state index in [0.717, 1.165) is 24.8 Å². The van der Waals surface area contributed by atoms with Gasteiger partial charge in [-0.1, -0.05) is 0 Å². The molecule has 1 atom stereocenters. The zero-order valence-corrected chi connectivity index (χ0v) is 16.6. The van der Waals surface area contributed by atoms with Crippen molar-refractivity contribution in [1.29, 1.82) is 0 Å². The third-order valence-electron chi connectivity index (χ3n) is 5.13. The van der Waals surface area contributed by atoms with Crippen LogP contribution in [0.25, 0.3) is 22.5 Å². The molecule has 1 aliphatic heterocycles. The molecule has 7 nitrogen and oxygen atoms in total. The van der Waals surface area contributed by atoms with Crippen molar-refractivity contribution in [3.05, 3.63) is 36.2 Å². The van der Waals surface area contributed by atoms with Crippen LogP contribution in [0.2, 0.25) is 0 Å². The van der Waals surface area contributed by atoms with Gasteiger partial charge in [0.1, 0.15) is 5.69 Å². The van der Waals surface area contributed by atoms with Crippen molar-refractivity contribution >= 4 is 16.9 Å². The van der Waals surface area contributed by atoms with E-state index in [4.69, 9.17) is 14.1 Å². The third-order valence-corrected chi connectivity index (χ3v) is 5.13. The van der Waals surface area contributed by atoms with E-state index in [0.29, 0.717) is 35.8 Å². The van der Waals surface area contributed by atoms with Gasteiger partial charge < -0.3 is 14.1 Å². The molecule has 4 rings (SSSR count). The van der Waals surface area contributed by atoms with Gasteiger partial charge in [-0.3, -0.25) is 4.79 Å². The average Bonchev–Trinajstić information content (AvgIpc) is 3.37.